The molecule has 0 aliphatic carbocycles. The monoisotopic (exact) mass is 362 g/mol. The molecule has 1 aliphatic rings. The summed E-state index contributed by atoms with van der Waals surface area (Å²) in [7, 11) is -3.79. The molecule has 1 saturated heterocycles. The van der Waals surface area contributed by atoms with E-state index in [-0.39, 0.29) is 23.2 Å². The number of rotatable bonds is 5. The molecule has 0 saturated carbocycles. The van der Waals surface area contributed by atoms with Gasteiger partial charge in [0.25, 0.3) is 5.69 Å². The summed E-state index contributed by atoms with van der Waals surface area (Å²) in [6.07, 6.45) is -0.299. The van der Waals surface area contributed by atoms with Crippen LogP contribution in [0.5, 0.6) is 0 Å². The molecule has 0 unspecified atom stereocenters. The predicted molar refractivity (Wildman–Crippen MR) is 91.3 cm³/mol. The number of hydrogen-bond donors (Lipinski definition) is 0. The van der Waals surface area contributed by atoms with Crippen LogP contribution in [0.1, 0.15) is 25.1 Å². The Morgan fingerprint density at radius 2 is 1.92 bits per heavy atom. The quantitative estimate of drug-likeness (QED) is 0.602. The third kappa shape index (κ3) is 3.28. The van der Waals surface area contributed by atoms with Crippen molar-refractivity contribution in [3.8, 4) is 0 Å². The van der Waals surface area contributed by atoms with E-state index in [1.807, 2.05) is 6.92 Å². The van der Waals surface area contributed by atoms with E-state index in [0.717, 1.165) is 0 Å². The maximum atomic E-state index is 13.1. The van der Waals surface area contributed by atoms with E-state index in [9.17, 15) is 18.5 Å². The summed E-state index contributed by atoms with van der Waals surface area (Å²) in [5, 5.41) is 11.0. The van der Waals surface area contributed by atoms with Crippen LogP contribution in [0.15, 0.2) is 59.5 Å². The van der Waals surface area contributed by atoms with E-state index in [2.05, 4.69) is 0 Å². The number of non-ortho nitro benzene ring substituents is 1. The maximum Gasteiger partial charge on any atom is 0.269 e. The normalized spacial score (nSPS) is 21.3. The van der Waals surface area contributed by atoms with Gasteiger partial charge in [-0.3, -0.25) is 10.1 Å². The summed E-state index contributed by atoms with van der Waals surface area (Å²) >= 11 is 0. The first-order valence-corrected chi connectivity index (χ1v) is 9.33. The van der Waals surface area contributed by atoms with Gasteiger partial charge in [-0.2, -0.15) is 4.31 Å². The second-order valence-electron chi connectivity index (χ2n) is 5.75. The van der Waals surface area contributed by atoms with Crippen molar-refractivity contribution in [3.05, 3.63) is 70.3 Å². The Hall–Kier alpha value is -2.29. The molecule has 0 bridgehead atoms. The second-order valence-corrected chi connectivity index (χ2v) is 7.59. The second kappa shape index (κ2) is 6.91. The fourth-order valence-electron chi connectivity index (χ4n) is 2.91. The average Bonchev–Trinajstić information content (AvgIpc) is 3.07. The van der Waals surface area contributed by atoms with Gasteiger partial charge in [0.1, 0.15) is 0 Å². The molecule has 0 aromatic heterocycles. The minimum absolute atomic E-state index is 0.0990. The molecule has 1 fully saturated rings. The lowest BCUT2D eigenvalue weighted by molar-refractivity contribution is -0.385. The lowest BCUT2D eigenvalue weighted by atomic mass is 10.1. The van der Waals surface area contributed by atoms with E-state index in [1.54, 1.807) is 24.3 Å². The Morgan fingerprint density at radius 1 is 1.20 bits per heavy atom. The minimum Gasteiger partial charge on any atom is -0.356 e. The number of sulfonamides is 1. The van der Waals surface area contributed by atoms with E-state index in [1.165, 1.54) is 34.6 Å². The molecule has 0 N–H and O–H groups in total. The van der Waals surface area contributed by atoms with Gasteiger partial charge in [-0.25, -0.2) is 8.42 Å². The highest BCUT2D eigenvalue weighted by Crippen LogP contribution is 2.37. The van der Waals surface area contributed by atoms with Crippen LogP contribution >= 0.6 is 0 Å². The number of nitro groups is 1. The van der Waals surface area contributed by atoms with Gasteiger partial charge in [0, 0.05) is 17.7 Å². The summed E-state index contributed by atoms with van der Waals surface area (Å²) in [6, 6.07) is 13.7. The lowest BCUT2D eigenvalue weighted by Crippen LogP contribution is -2.38. The van der Waals surface area contributed by atoms with Crippen LogP contribution < -0.4 is 0 Å². The van der Waals surface area contributed by atoms with Gasteiger partial charge in [0.05, 0.1) is 22.5 Å². The molecule has 0 amide bonds. The number of benzene rings is 2. The SMILES string of the molecule is CC[C@H]1CO[C@@H](c2cccc([N+](=O)[O-])c2)N1S(=O)(=O)c1ccccc1. The topological polar surface area (TPSA) is 89.8 Å². The molecule has 1 heterocycles. The predicted octanol–water partition coefficient (Wildman–Crippen LogP) is 3.09. The molecular formula is C17H18N2O5S. The van der Waals surface area contributed by atoms with E-state index in [4.69, 9.17) is 4.74 Å². The maximum absolute atomic E-state index is 13.1. The van der Waals surface area contributed by atoms with Crippen LogP contribution in [0, 0.1) is 10.1 Å². The van der Waals surface area contributed by atoms with E-state index in [0.29, 0.717) is 12.0 Å². The fraction of sp³-hybridized carbons (Fsp3) is 0.294. The standard InChI is InChI=1S/C17H18N2O5S/c1-2-14-12-24-17(13-7-6-8-15(11-13)19(20)21)18(14)25(22,23)16-9-4-3-5-10-16/h3-11,14,17H,2,12H2,1H3/t14-,17-/m0/s1. The fourth-order valence-corrected chi connectivity index (χ4v) is 4.69. The van der Waals surface area contributed by atoms with Crippen molar-refractivity contribution in [3.63, 3.8) is 0 Å². The highest BCUT2D eigenvalue weighted by atomic mass is 32.2. The van der Waals surface area contributed by atoms with Gasteiger partial charge >= 0.3 is 0 Å². The van der Waals surface area contributed by atoms with Crippen molar-refractivity contribution < 1.29 is 18.1 Å². The van der Waals surface area contributed by atoms with Crippen molar-refractivity contribution in [1.29, 1.82) is 0 Å². The summed E-state index contributed by atoms with van der Waals surface area (Å²) in [5.74, 6) is 0. The minimum atomic E-state index is -3.79. The van der Waals surface area contributed by atoms with Crippen molar-refractivity contribution >= 4 is 15.7 Å². The Labute approximate surface area is 146 Å². The van der Waals surface area contributed by atoms with E-state index < -0.39 is 21.2 Å². The smallest absolute Gasteiger partial charge is 0.269 e. The van der Waals surface area contributed by atoms with Crippen LogP contribution in [0.4, 0.5) is 5.69 Å². The van der Waals surface area contributed by atoms with Crippen LogP contribution in [0.2, 0.25) is 0 Å². The Morgan fingerprint density at radius 3 is 2.56 bits per heavy atom. The van der Waals surface area contributed by atoms with Gasteiger partial charge < -0.3 is 4.74 Å². The molecule has 1 aliphatic heterocycles. The molecule has 3 rings (SSSR count). The molecule has 0 radical (unpaired) electrons. The Bertz CT molecular complexity index is 870. The molecule has 2 aromatic carbocycles. The van der Waals surface area contributed by atoms with Crippen molar-refractivity contribution in [1.82, 2.24) is 4.31 Å². The first kappa shape index (κ1) is 17.5. The van der Waals surface area contributed by atoms with Crippen molar-refractivity contribution in [2.75, 3.05) is 6.61 Å². The number of hydrogen-bond acceptors (Lipinski definition) is 5. The largest absolute Gasteiger partial charge is 0.356 e. The first-order chi connectivity index (χ1) is 11.9. The molecule has 0 spiro atoms. The Balaban J connectivity index is 2.05. The molecule has 25 heavy (non-hydrogen) atoms. The van der Waals surface area contributed by atoms with Crippen LogP contribution in [0.3, 0.4) is 0 Å². The zero-order valence-electron chi connectivity index (χ0n) is 13.6. The van der Waals surface area contributed by atoms with Crippen molar-refractivity contribution in [2.45, 2.75) is 30.5 Å². The highest BCUT2D eigenvalue weighted by molar-refractivity contribution is 7.89. The molecule has 132 valence electrons. The van der Waals surface area contributed by atoms with Crippen LogP contribution in [-0.4, -0.2) is 30.3 Å². The number of nitro benzene ring substituents is 1. The summed E-state index contributed by atoms with van der Waals surface area (Å²) < 4.78 is 33.3. The lowest BCUT2D eigenvalue weighted by Gasteiger charge is -2.27. The highest BCUT2D eigenvalue weighted by Gasteiger charge is 2.43. The van der Waals surface area contributed by atoms with Gasteiger partial charge in [0.15, 0.2) is 6.23 Å². The third-order valence-electron chi connectivity index (χ3n) is 4.19. The summed E-state index contributed by atoms with van der Waals surface area (Å²) in [5.41, 5.74) is 0.350. The zero-order valence-corrected chi connectivity index (χ0v) is 14.4. The van der Waals surface area contributed by atoms with Crippen LogP contribution in [-0.2, 0) is 14.8 Å². The molecular weight excluding hydrogens is 344 g/mol. The summed E-state index contributed by atoms with van der Waals surface area (Å²) in [4.78, 5) is 10.7. The third-order valence-corrected chi connectivity index (χ3v) is 6.11. The van der Waals surface area contributed by atoms with Crippen LogP contribution in [0.25, 0.3) is 0 Å². The van der Waals surface area contributed by atoms with Gasteiger partial charge in [-0.15, -0.1) is 0 Å². The molecule has 2 aromatic rings. The van der Waals surface area contributed by atoms with Crippen molar-refractivity contribution in [2.24, 2.45) is 0 Å². The molecule has 7 nitrogen and oxygen atoms in total. The van der Waals surface area contributed by atoms with Gasteiger partial charge in [-0.1, -0.05) is 37.3 Å². The average molecular weight is 362 g/mol. The number of nitrogens with zero attached hydrogens (tertiary/aromatic N) is 2. The summed E-state index contributed by atoms with van der Waals surface area (Å²) in [6.45, 7) is 2.13. The molecule has 2 atom stereocenters. The van der Waals surface area contributed by atoms with E-state index >= 15 is 0 Å². The molecule has 8 heteroatoms. The van der Waals surface area contributed by atoms with Gasteiger partial charge in [0.2, 0.25) is 10.0 Å². The zero-order chi connectivity index (χ0) is 18.0. The Kier molecular flexibility index (Phi) is 4.85. The number of ether oxygens (including phenoxy) is 1. The first-order valence-electron chi connectivity index (χ1n) is 7.89. The van der Waals surface area contributed by atoms with Gasteiger partial charge in [-0.05, 0) is 18.6 Å².